The van der Waals surface area contributed by atoms with Crippen LogP contribution in [0.2, 0.25) is 5.02 Å². The number of hydrogen-bond acceptors (Lipinski definition) is 5. The number of hydrogen-bond donors (Lipinski definition) is 1. The van der Waals surface area contributed by atoms with Gasteiger partial charge in [0.05, 0.1) is 11.3 Å². The third-order valence-electron chi connectivity index (χ3n) is 4.33. The first-order valence-electron chi connectivity index (χ1n) is 8.64. The Hall–Kier alpha value is -2.58. The lowest BCUT2D eigenvalue weighted by molar-refractivity contribution is -0.385. The van der Waals surface area contributed by atoms with E-state index in [0.717, 1.165) is 36.2 Å². The van der Waals surface area contributed by atoms with Crippen molar-refractivity contribution >= 4 is 46.6 Å². The van der Waals surface area contributed by atoms with Gasteiger partial charge in [-0.2, -0.15) is 11.8 Å². The number of rotatable bonds is 5. The summed E-state index contributed by atoms with van der Waals surface area (Å²) in [7, 11) is 0. The van der Waals surface area contributed by atoms with Crippen LogP contribution in [0.4, 0.5) is 11.4 Å². The summed E-state index contributed by atoms with van der Waals surface area (Å²) in [5.41, 5.74) is 0.905. The van der Waals surface area contributed by atoms with Gasteiger partial charge in [0.1, 0.15) is 5.56 Å². The maximum atomic E-state index is 12.4. The van der Waals surface area contributed by atoms with Crippen molar-refractivity contribution in [1.29, 1.82) is 0 Å². The fourth-order valence-corrected chi connectivity index (χ4v) is 3.92. The van der Waals surface area contributed by atoms with Gasteiger partial charge in [-0.25, -0.2) is 0 Å². The molecule has 0 unspecified atom stereocenters. The average Bonchev–Trinajstić information content (AvgIpc) is 2.70. The van der Waals surface area contributed by atoms with Crippen LogP contribution in [-0.2, 0) is 11.2 Å². The van der Waals surface area contributed by atoms with E-state index in [1.54, 1.807) is 24.3 Å². The molecule has 2 amide bonds. The molecule has 1 saturated heterocycles. The number of nitro benzene ring substituents is 1. The first-order valence-corrected chi connectivity index (χ1v) is 10.2. The Morgan fingerprint density at radius 2 is 1.82 bits per heavy atom. The molecule has 1 aliphatic heterocycles. The number of carbonyl (C=O) groups is 2. The summed E-state index contributed by atoms with van der Waals surface area (Å²) in [6, 6.07) is 10.8. The number of halogens is 1. The predicted molar refractivity (Wildman–Crippen MR) is 110 cm³/mol. The smallest absolute Gasteiger partial charge is 0.283 e. The fraction of sp³-hybridized carbons (Fsp3) is 0.263. The molecule has 0 saturated carbocycles. The van der Waals surface area contributed by atoms with Crippen LogP contribution in [0.1, 0.15) is 15.9 Å². The Kier molecular flexibility index (Phi) is 6.53. The highest BCUT2D eigenvalue weighted by Crippen LogP contribution is 2.24. The van der Waals surface area contributed by atoms with E-state index in [2.05, 4.69) is 5.32 Å². The van der Waals surface area contributed by atoms with Gasteiger partial charge in [-0.15, -0.1) is 0 Å². The van der Waals surface area contributed by atoms with Gasteiger partial charge in [0.15, 0.2) is 0 Å². The third-order valence-corrected chi connectivity index (χ3v) is 5.51. The molecule has 0 radical (unpaired) electrons. The van der Waals surface area contributed by atoms with Crippen molar-refractivity contribution in [2.24, 2.45) is 0 Å². The van der Waals surface area contributed by atoms with Crippen molar-refractivity contribution in [3.8, 4) is 0 Å². The van der Waals surface area contributed by atoms with Gasteiger partial charge in [-0.1, -0.05) is 23.7 Å². The number of nitrogens with one attached hydrogen (secondary N) is 1. The molecule has 0 spiro atoms. The Balaban J connectivity index is 1.65. The van der Waals surface area contributed by atoms with Crippen LogP contribution in [0.3, 0.4) is 0 Å². The molecule has 2 aromatic rings. The van der Waals surface area contributed by atoms with E-state index in [9.17, 15) is 19.7 Å². The summed E-state index contributed by atoms with van der Waals surface area (Å²) in [4.78, 5) is 37.1. The molecule has 0 aliphatic carbocycles. The zero-order chi connectivity index (χ0) is 20.1. The van der Waals surface area contributed by atoms with E-state index in [-0.39, 0.29) is 22.2 Å². The van der Waals surface area contributed by atoms with Gasteiger partial charge < -0.3 is 10.2 Å². The van der Waals surface area contributed by atoms with E-state index in [4.69, 9.17) is 11.6 Å². The lowest BCUT2D eigenvalue weighted by atomic mass is 10.1. The summed E-state index contributed by atoms with van der Waals surface area (Å²) in [6.07, 6.45) is 0.307. The van der Waals surface area contributed by atoms with Crippen molar-refractivity contribution in [3.05, 3.63) is 68.7 Å². The molecule has 0 atom stereocenters. The molecule has 7 nitrogen and oxygen atoms in total. The summed E-state index contributed by atoms with van der Waals surface area (Å²) >= 11 is 7.62. The summed E-state index contributed by atoms with van der Waals surface area (Å²) < 4.78 is 0. The first-order chi connectivity index (χ1) is 13.4. The second kappa shape index (κ2) is 9.07. The summed E-state index contributed by atoms with van der Waals surface area (Å²) in [5, 5.41) is 14.0. The van der Waals surface area contributed by atoms with Gasteiger partial charge in [0, 0.05) is 41.4 Å². The minimum Gasteiger partial charge on any atom is -0.341 e. The molecular weight excluding hydrogens is 402 g/mol. The van der Waals surface area contributed by atoms with Crippen LogP contribution < -0.4 is 5.32 Å². The maximum absolute atomic E-state index is 12.4. The lowest BCUT2D eigenvalue weighted by Gasteiger charge is -2.26. The topological polar surface area (TPSA) is 92.6 Å². The van der Waals surface area contributed by atoms with E-state index < -0.39 is 10.8 Å². The normalized spacial score (nSPS) is 13.8. The molecule has 3 rings (SSSR count). The van der Waals surface area contributed by atoms with E-state index in [0.29, 0.717) is 12.1 Å². The van der Waals surface area contributed by atoms with E-state index in [1.165, 1.54) is 12.1 Å². The SMILES string of the molecule is O=C(Nc1ccc(CC(=O)N2CCSCC2)cc1)c1ccc(Cl)cc1[N+](=O)[O-]. The highest BCUT2D eigenvalue weighted by molar-refractivity contribution is 7.99. The molecule has 1 N–H and O–H groups in total. The standard InChI is InChI=1S/C19H18ClN3O4S/c20-14-3-6-16(17(12-14)23(26)27)19(25)21-15-4-1-13(2-5-15)11-18(24)22-7-9-28-10-8-22/h1-6,12H,7-11H2,(H,21,25). The highest BCUT2D eigenvalue weighted by Gasteiger charge is 2.21. The predicted octanol–water partition coefficient (Wildman–Crippen LogP) is 3.62. The van der Waals surface area contributed by atoms with Crippen LogP contribution in [-0.4, -0.2) is 46.2 Å². The van der Waals surface area contributed by atoms with Crippen molar-refractivity contribution in [2.75, 3.05) is 29.9 Å². The second-order valence-corrected chi connectivity index (χ2v) is 7.90. The lowest BCUT2D eigenvalue weighted by Crippen LogP contribution is -2.38. The first kappa shape index (κ1) is 20.2. The Labute approximate surface area is 171 Å². The fourth-order valence-electron chi connectivity index (χ4n) is 2.85. The second-order valence-electron chi connectivity index (χ2n) is 6.24. The Morgan fingerprint density at radius 3 is 2.46 bits per heavy atom. The largest absolute Gasteiger partial charge is 0.341 e. The van der Waals surface area contributed by atoms with Crippen LogP contribution in [0.25, 0.3) is 0 Å². The molecule has 1 fully saturated rings. The average molecular weight is 420 g/mol. The van der Waals surface area contributed by atoms with Gasteiger partial charge in [-0.05, 0) is 29.8 Å². The van der Waals surface area contributed by atoms with Crippen LogP contribution in [0, 0.1) is 10.1 Å². The van der Waals surface area contributed by atoms with Gasteiger partial charge in [0.25, 0.3) is 11.6 Å². The Morgan fingerprint density at radius 1 is 1.14 bits per heavy atom. The maximum Gasteiger partial charge on any atom is 0.283 e. The van der Waals surface area contributed by atoms with E-state index >= 15 is 0 Å². The van der Waals surface area contributed by atoms with Crippen molar-refractivity contribution < 1.29 is 14.5 Å². The molecule has 9 heteroatoms. The minimum atomic E-state index is -0.644. The monoisotopic (exact) mass is 419 g/mol. The van der Waals surface area contributed by atoms with Crippen molar-refractivity contribution in [3.63, 3.8) is 0 Å². The number of thioether (sulfide) groups is 1. The number of benzene rings is 2. The molecule has 0 bridgehead atoms. The zero-order valence-corrected chi connectivity index (χ0v) is 16.5. The summed E-state index contributed by atoms with van der Waals surface area (Å²) in [6.45, 7) is 1.55. The molecule has 1 heterocycles. The van der Waals surface area contributed by atoms with Crippen LogP contribution >= 0.6 is 23.4 Å². The zero-order valence-electron chi connectivity index (χ0n) is 14.9. The number of anilines is 1. The van der Waals surface area contributed by atoms with Gasteiger partial charge in [-0.3, -0.25) is 19.7 Å². The van der Waals surface area contributed by atoms with E-state index in [1.807, 2.05) is 16.7 Å². The number of carbonyl (C=O) groups excluding carboxylic acids is 2. The van der Waals surface area contributed by atoms with Crippen LogP contribution in [0.15, 0.2) is 42.5 Å². The third kappa shape index (κ3) is 5.02. The molecular formula is C19H18ClN3O4S. The minimum absolute atomic E-state index is 0.0726. The number of amides is 2. The number of nitro groups is 1. The van der Waals surface area contributed by atoms with Gasteiger partial charge >= 0.3 is 0 Å². The van der Waals surface area contributed by atoms with Crippen LogP contribution in [0.5, 0.6) is 0 Å². The summed E-state index contributed by atoms with van der Waals surface area (Å²) in [5.74, 6) is 1.42. The van der Waals surface area contributed by atoms with Gasteiger partial charge in [0.2, 0.25) is 5.91 Å². The van der Waals surface area contributed by atoms with Crippen molar-refractivity contribution in [1.82, 2.24) is 4.90 Å². The molecule has 2 aromatic carbocycles. The Bertz CT molecular complexity index is 899. The molecule has 28 heavy (non-hydrogen) atoms. The highest BCUT2D eigenvalue weighted by atomic mass is 35.5. The van der Waals surface area contributed by atoms with Crippen molar-refractivity contribution in [2.45, 2.75) is 6.42 Å². The quantitative estimate of drug-likeness (QED) is 0.590. The molecule has 1 aliphatic rings. The molecule has 146 valence electrons. The number of nitrogens with zero attached hydrogens (tertiary/aromatic N) is 2. The molecule has 0 aromatic heterocycles.